The molecule has 105 heavy (non-hydrogen) atoms. The Morgan fingerprint density at radius 1 is 0.686 bits per heavy atom. The number of rotatable bonds is 12. The molecule has 3 aliphatic heterocycles. The van der Waals surface area contributed by atoms with Crippen LogP contribution in [0.15, 0.2) is 54.6 Å². The summed E-state index contributed by atoms with van der Waals surface area (Å²) in [4.78, 5) is 190. The molecule has 2 aliphatic carbocycles. The van der Waals surface area contributed by atoms with Gasteiger partial charge in [-0.1, -0.05) is 82.0 Å². The molecule has 2 saturated carbocycles. The van der Waals surface area contributed by atoms with E-state index in [-0.39, 0.29) is 82.2 Å². The zero-order chi connectivity index (χ0) is 77.9. The molecule has 2 bridgehead atoms. The van der Waals surface area contributed by atoms with Gasteiger partial charge in [0.1, 0.15) is 53.9 Å². The Labute approximate surface area is 614 Å². The molecule has 10 atom stereocenters. The number of aryl methyl sites for hydroxylation is 1. The number of fused-ring (bicyclic) bond motifs is 3. The summed E-state index contributed by atoms with van der Waals surface area (Å²) in [7, 11) is 10.8. The lowest BCUT2D eigenvalue weighted by Crippen LogP contribution is -2.68. The predicted molar refractivity (Wildman–Crippen MR) is 374 cm³/mol. The fraction of sp³-hybridized carbons (Fsp3) is 0.644. The van der Waals surface area contributed by atoms with Gasteiger partial charge in [-0.15, -0.1) is 0 Å². The average Bonchev–Trinajstić information content (AvgIpc) is 1.70. The van der Waals surface area contributed by atoms with Crippen LogP contribution in [0.25, 0.3) is 0 Å². The Balaban J connectivity index is 1.33. The van der Waals surface area contributed by atoms with Crippen LogP contribution in [0.5, 0.6) is 0 Å². The van der Waals surface area contributed by atoms with Crippen LogP contribution in [-0.4, -0.2) is 264 Å². The molecule has 1 spiro atoms. The summed E-state index contributed by atoms with van der Waals surface area (Å²) in [6.07, 6.45) is -5.49. The third-order valence-corrected chi connectivity index (χ3v) is 21.7. The number of ether oxygens (including phenoxy) is 1. The molecule has 32 heteroatoms. The molecule has 0 radical (unpaired) electrons. The molecule has 3 heterocycles. The van der Waals surface area contributed by atoms with E-state index in [1.807, 2.05) is 0 Å². The smallest absolute Gasteiger partial charge is 0.377 e. The number of hydrogen-bond donors (Lipinski definition) is 3. The van der Waals surface area contributed by atoms with Crippen LogP contribution in [-0.2, 0) is 87.5 Å². The van der Waals surface area contributed by atoms with E-state index in [4.69, 9.17) is 16.3 Å². The number of alkyl halides is 6. The van der Waals surface area contributed by atoms with E-state index < -0.39 is 197 Å². The number of carbonyl (C=O) groups excluding carboxylic acids is 12. The summed E-state index contributed by atoms with van der Waals surface area (Å²) in [6.45, 7) is 4.94. The normalized spacial score (nSPS) is 26.4. The second-order valence-electron chi connectivity index (χ2n) is 28.7. The van der Waals surface area contributed by atoms with Crippen molar-refractivity contribution >= 4 is 82.5 Å². The largest absolute Gasteiger partial charge is 0.417 e. The highest BCUT2D eigenvalue weighted by Gasteiger charge is 2.54. The van der Waals surface area contributed by atoms with Crippen molar-refractivity contribution in [1.29, 1.82) is 0 Å². The van der Waals surface area contributed by atoms with Crippen LogP contribution in [0.1, 0.15) is 140 Å². The van der Waals surface area contributed by atoms with Crippen LogP contribution >= 0.6 is 11.6 Å². The van der Waals surface area contributed by atoms with Gasteiger partial charge in [0, 0.05) is 88.9 Å². The number of amides is 12. The quantitative estimate of drug-likeness (QED) is 0.176. The summed E-state index contributed by atoms with van der Waals surface area (Å²) in [5.74, 6) is -10.5. The molecule has 3 N–H and O–H groups in total. The molecule has 2 saturated heterocycles. The van der Waals surface area contributed by atoms with Crippen molar-refractivity contribution in [3.63, 3.8) is 0 Å². The first-order valence-corrected chi connectivity index (χ1v) is 36.3. The van der Waals surface area contributed by atoms with Crippen molar-refractivity contribution in [2.45, 2.75) is 203 Å². The van der Waals surface area contributed by atoms with E-state index in [0.717, 1.165) is 76.8 Å². The number of hydrogen-bond acceptors (Lipinski definition) is 13. The summed E-state index contributed by atoms with van der Waals surface area (Å²) >= 11 is 6.16. The number of benzene rings is 2. The molecular weight excluding hydrogens is 1400 g/mol. The highest BCUT2D eigenvalue weighted by atomic mass is 35.5. The van der Waals surface area contributed by atoms with Crippen molar-refractivity contribution in [3.8, 4) is 0 Å². The lowest BCUT2D eigenvalue weighted by Gasteiger charge is -2.46. The Morgan fingerprint density at radius 3 is 1.90 bits per heavy atom. The third kappa shape index (κ3) is 20.0. The minimum Gasteiger partial charge on any atom is -0.377 e. The maximum Gasteiger partial charge on any atom is 0.417 e. The minimum atomic E-state index is -4.83. The van der Waals surface area contributed by atoms with Crippen molar-refractivity contribution in [3.05, 3.63) is 81.9 Å². The first kappa shape index (κ1) is 83.9. The Kier molecular flexibility index (Phi) is 28.6. The molecule has 7 rings (SSSR count). The maximum atomic E-state index is 15.5. The Morgan fingerprint density at radius 2 is 1.32 bits per heavy atom. The van der Waals surface area contributed by atoms with Crippen LogP contribution in [0.4, 0.5) is 26.3 Å². The fourth-order valence-corrected chi connectivity index (χ4v) is 15.0. The van der Waals surface area contributed by atoms with Crippen LogP contribution in [0.3, 0.4) is 0 Å². The molecule has 0 aromatic heterocycles. The molecule has 5 aliphatic rings. The Bertz CT molecular complexity index is 3550. The van der Waals surface area contributed by atoms with Gasteiger partial charge in [0.25, 0.3) is 0 Å². The number of halogens is 7. The summed E-state index contributed by atoms with van der Waals surface area (Å²) < 4.78 is 89.8. The van der Waals surface area contributed by atoms with E-state index in [9.17, 15) is 55.1 Å². The molecule has 0 unspecified atom stereocenters. The molecule has 2 aromatic carbocycles. The van der Waals surface area contributed by atoms with Crippen molar-refractivity contribution in [2.75, 3.05) is 89.2 Å². The Hall–Kier alpha value is -8.35. The standard InChI is InChI=1S/C73H101ClF6N12O13/c1-13-43(4)60-68(102)86(8)42-59(95)88(10)53-24-17-16-20-35-91(67(53)101)56(37-45-25-29-47(30-26-45)72(75,76)77)66(100)85(7)41-57(93)81-51(32-28-44-27-31-49(50(74)36-44)73(78,79)80)64(98)92-40-48(105-15-3)38-54(92)63(97)83-71(33-21-34-71)70(104)90(12)61(46-22-18-19-23-46)69(103)89(11)55(65(99)84(5)6)39-58(94)87(9)52(14-2)62(96)82-60/h16-17,25-27,29-31,36,43,46,48,51-56,60-61H,13-15,18-24,28,32-35,37-42H2,1-12H3,(H,81,93)(H,82,96)(H,83,97)/b17-16-/t43-,48+,51+,52-,53-,54-,55-,56-,60-,61-/m0/s1. The summed E-state index contributed by atoms with van der Waals surface area (Å²) in [6, 6.07) is -4.49. The van der Waals surface area contributed by atoms with Crippen LogP contribution in [0.2, 0.25) is 5.02 Å². The molecule has 2 aromatic rings. The van der Waals surface area contributed by atoms with Gasteiger partial charge < -0.3 is 64.8 Å². The van der Waals surface area contributed by atoms with E-state index in [0.29, 0.717) is 38.5 Å². The van der Waals surface area contributed by atoms with Gasteiger partial charge in [0.05, 0.1) is 41.8 Å². The van der Waals surface area contributed by atoms with Crippen molar-refractivity contribution in [1.82, 2.24) is 60.0 Å². The van der Waals surface area contributed by atoms with Crippen LogP contribution in [0, 0.1) is 11.8 Å². The number of likely N-dealkylation sites (N-methyl/N-ethyl adjacent to an activating group) is 7. The maximum absolute atomic E-state index is 15.5. The monoisotopic (exact) mass is 1500 g/mol. The topological polar surface area (TPSA) is 279 Å². The van der Waals surface area contributed by atoms with Gasteiger partial charge in [0.2, 0.25) is 70.9 Å². The first-order chi connectivity index (χ1) is 49.3. The lowest BCUT2D eigenvalue weighted by atomic mass is 9.74. The van der Waals surface area contributed by atoms with Crippen molar-refractivity contribution < 1.29 is 88.6 Å². The van der Waals surface area contributed by atoms with Gasteiger partial charge >= 0.3 is 12.4 Å². The summed E-state index contributed by atoms with van der Waals surface area (Å²) in [5.41, 5.74) is -3.46. The van der Waals surface area contributed by atoms with Gasteiger partial charge in [-0.25, -0.2) is 0 Å². The van der Waals surface area contributed by atoms with Gasteiger partial charge in [-0.05, 0) is 118 Å². The SMILES string of the molecule is CCO[C@@H]1C[C@H]2C(=O)NC3(CCC3)C(=O)N(C)[C@@H](C3CCCC3)C(=O)N(C)[C@H](C(=O)N(C)C)CC(=O)N(C)[C@@H](CC)C(=O)N[C@@H]([C@@H](C)CC)C(=O)N(C)CC(=O)N(C)[C@H]3C/C=C\CCN(C3=O)[C@@H](Cc3ccc(C(F)(F)F)cc3)C(=O)N(C)CC(=O)N[C@H](CCc3ccc(C(F)(F)F)c(Cl)c3)C(=O)N2C1. The molecule has 580 valence electrons. The highest BCUT2D eigenvalue weighted by Crippen LogP contribution is 2.40. The molecule has 12 amide bonds. The predicted octanol–water partition coefficient (Wildman–Crippen LogP) is 5.48. The number of carbonyl (C=O) groups is 12. The second kappa shape index (κ2) is 35.8. The number of nitrogens with one attached hydrogen (secondary N) is 3. The first-order valence-electron chi connectivity index (χ1n) is 35.9. The molecule has 4 fully saturated rings. The number of nitrogens with zero attached hydrogens (tertiary/aromatic N) is 9. The fourth-order valence-electron chi connectivity index (χ4n) is 14.7. The second-order valence-corrected chi connectivity index (χ2v) is 29.1. The van der Waals surface area contributed by atoms with Gasteiger partial charge in [-0.2, -0.15) is 26.3 Å². The summed E-state index contributed by atoms with van der Waals surface area (Å²) in [5, 5.41) is 7.76. The minimum absolute atomic E-state index is 0.00134. The van der Waals surface area contributed by atoms with E-state index in [1.165, 1.54) is 66.2 Å². The van der Waals surface area contributed by atoms with E-state index >= 15 is 28.8 Å². The van der Waals surface area contributed by atoms with E-state index in [2.05, 4.69) is 16.0 Å². The molecule has 25 nitrogen and oxygen atoms in total. The zero-order valence-corrected chi connectivity index (χ0v) is 62.6. The zero-order valence-electron chi connectivity index (χ0n) is 61.9. The van der Waals surface area contributed by atoms with Crippen molar-refractivity contribution in [2.24, 2.45) is 11.8 Å². The van der Waals surface area contributed by atoms with Gasteiger partial charge in [-0.3, -0.25) is 57.5 Å². The third-order valence-electron chi connectivity index (χ3n) is 21.4. The van der Waals surface area contributed by atoms with Crippen LogP contribution < -0.4 is 16.0 Å². The highest BCUT2D eigenvalue weighted by molar-refractivity contribution is 6.31. The van der Waals surface area contributed by atoms with Gasteiger partial charge in [0.15, 0.2) is 0 Å². The van der Waals surface area contributed by atoms with E-state index in [1.54, 1.807) is 39.8 Å². The lowest BCUT2D eigenvalue weighted by molar-refractivity contribution is -0.157. The molecular formula is C73H101ClF6N12O13. The average molecular weight is 1500 g/mol.